The molecule has 0 heterocycles. The van der Waals surface area contributed by atoms with Crippen LogP contribution in [0.3, 0.4) is 0 Å². The molecule has 0 atom stereocenters. The Bertz CT molecular complexity index is 878. The number of anilines is 1. The minimum Gasteiger partial charge on any atom is -0.494 e. The minimum absolute atomic E-state index is 0.149. The van der Waals surface area contributed by atoms with Crippen molar-refractivity contribution in [3.63, 3.8) is 0 Å². The summed E-state index contributed by atoms with van der Waals surface area (Å²) in [7, 11) is -2.02. The van der Waals surface area contributed by atoms with Gasteiger partial charge in [-0.05, 0) is 69.3 Å². The highest BCUT2D eigenvalue weighted by Crippen LogP contribution is 2.20. The van der Waals surface area contributed by atoms with Crippen molar-refractivity contribution >= 4 is 21.6 Å². The van der Waals surface area contributed by atoms with Crippen molar-refractivity contribution in [2.75, 3.05) is 25.6 Å². The smallest absolute Gasteiger partial charge is 0.262 e. The maximum absolute atomic E-state index is 12.4. The topological polar surface area (TPSA) is 84.9 Å². The van der Waals surface area contributed by atoms with Gasteiger partial charge in [-0.3, -0.25) is 4.79 Å². The lowest BCUT2D eigenvalue weighted by atomic mass is 10.3. The highest BCUT2D eigenvalue weighted by Gasteiger charge is 2.22. The van der Waals surface area contributed by atoms with E-state index >= 15 is 0 Å². The van der Waals surface area contributed by atoms with Crippen molar-refractivity contribution in [3.8, 4) is 11.5 Å². The molecule has 1 amide bonds. The first-order chi connectivity index (χ1) is 13.2. The molecule has 0 radical (unpaired) electrons. The van der Waals surface area contributed by atoms with E-state index in [4.69, 9.17) is 9.47 Å². The zero-order valence-corrected chi connectivity index (χ0v) is 17.3. The van der Waals surface area contributed by atoms with Crippen molar-refractivity contribution in [1.82, 2.24) is 4.31 Å². The van der Waals surface area contributed by atoms with Crippen molar-refractivity contribution in [2.45, 2.75) is 31.7 Å². The average molecular weight is 407 g/mol. The Kier molecular flexibility index (Phi) is 7.42. The molecule has 7 nitrogen and oxygen atoms in total. The van der Waals surface area contributed by atoms with Gasteiger partial charge in [-0.25, -0.2) is 8.42 Å². The molecule has 2 aromatic carbocycles. The second-order valence-electron chi connectivity index (χ2n) is 6.38. The van der Waals surface area contributed by atoms with E-state index < -0.39 is 10.0 Å². The van der Waals surface area contributed by atoms with E-state index in [1.165, 1.54) is 23.5 Å². The highest BCUT2D eigenvalue weighted by atomic mass is 32.2. The van der Waals surface area contributed by atoms with Crippen LogP contribution in [0.15, 0.2) is 53.4 Å². The van der Waals surface area contributed by atoms with Crippen molar-refractivity contribution in [1.29, 1.82) is 0 Å². The lowest BCUT2D eigenvalue weighted by Gasteiger charge is -2.21. The first kappa shape index (κ1) is 21.7. The fourth-order valence-electron chi connectivity index (χ4n) is 2.30. The molecule has 2 rings (SSSR count). The van der Waals surface area contributed by atoms with E-state index in [9.17, 15) is 13.2 Å². The van der Waals surface area contributed by atoms with Crippen LogP contribution < -0.4 is 14.8 Å². The molecule has 0 aliphatic rings. The predicted molar refractivity (Wildman–Crippen MR) is 108 cm³/mol. The lowest BCUT2D eigenvalue weighted by Crippen LogP contribution is -2.33. The highest BCUT2D eigenvalue weighted by molar-refractivity contribution is 7.89. The summed E-state index contributed by atoms with van der Waals surface area (Å²) in [6, 6.07) is 12.9. The Morgan fingerprint density at radius 1 is 1.00 bits per heavy atom. The van der Waals surface area contributed by atoms with Gasteiger partial charge in [-0.2, -0.15) is 4.31 Å². The summed E-state index contributed by atoms with van der Waals surface area (Å²) in [6.45, 7) is 5.92. The molecule has 1 N–H and O–H groups in total. The Morgan fingerprint density at radius 2 is 1.54 bits per heavy atom. The molecule has 0 fully saturated rings. The quantitative estimate of drug-likeness (QED) is 0.692. The molecule has 0 aliphatic carbocycles. The van der Waals surface area contributed by atoms with E-state index in [-0.39, 0.29) is 23.5 Å². The second-order valence-corrected chi connectivity index (χ2v) is 8.38. The molecular formula is C20H26N2O5S. The Morgan fingerprint density at radius 3 is 2.04 bits per heavy atom. The molecule has 152 valence electrons. The van der Waals surface area contributed by atoms with Crippen LogP contribution in [0.1, 0.15) is 20.8 Å². The number of hydrogen-bond acceptors (Lipinski definition) is 5. The van der Waals surface area contributed by atoms with Gasteiger partial charge in [0.15, 0.2) is 6.61 Å². The first-order valence-electron chi connectivity index (χ1n) is 8.97. The summed E-state index contributed by atoms with van der Waals surface area (Å²) in [5.41, 5.74) is 0.492. The number of hydrogen-bond donors (Lipinski definition) is 1. The predicted octanol–water partition coefficient (Wildman–Crippen LogP) is 3.13. The van der Waals surface area contributed by atoms with Crippen LogP contribution in [0.4, 0.5) is 5.69 Å². The van der Waals surface area contributed by atoms with E-state index in [0.717, 1.165) is 5.75 Å². The molecular weight excluding hydrogens is 380 g/mol. The summed E-state index contributed by atoms with van der Waals surface area (Å²) in [5, 5.41) is 2.68. The van der Waals surface area contributed by atoms with Gasteiger partial charge in [0, 0.05) is 18.8 Å². The van der Waals surface area contributed by atoms with E-state index in [1.807, 2.05) is 6.92 Å². The fourth-order valence-corrected chi connectivity index (χ4v) is 3.67. The molecule has 28 heavy (non-hydrogen) atoms. The van der Waals surface area contributed by atoms with Gasteiger partial charge in [0.1, 0.15) is 11.5 Å². The summed E-state index contributed by atoms with van der Waals surface area (Å²) in [5.74, 6) is 0.943. The van der Waals surface area contributed by atoms with Gasteiger partial charge in [-0.1, -0.05) is 0 Å². The first-order valence-corrected chi connectivity index (χ1v) is 10.4. The van der Waals surface area contributed by atoms with Gasteiger partial charge in [0.05, 0.1) is 11.5 Å². The summed E-state index contributed by atoms with van der Waals surface area (Å²) < 4.78 is 37.0. The molecule has 0 saturated carbocycles. The van der Waals surface area contributed by atoms with Crippen molar-refractivity contribution < 1.29 is 22.7 Å². The van der Waals surface area contributed by atoms with Crippen LogP contribution in [0.2, 0.25) is 0 Å². The Labute approximate surface area is 166 Å². The summed E-state index contributed by atoms with van der Waals surface area (Å²) in [6.07, 6.45) is 0. The molecule has 8 heteroatoms. The normalized spacial score (nSPS) is 11.5. The van der Waals surface area contributed by atoms with Crippen LogP contribution in [0.5, 0.6) is 11.5 Å². The number of benzene rings is 2. The van der Waals surface area contributed by atoms with Gasteiger partial charge >= 0.3 is 0 Å². The second kappa shape index (κ2) is 9.57. The van der Waals surface area contributed by atoms with E-state index in [0.29, 0.717) is 18.0 Å². The van der Waals surface area contributed by atoms with Gasteiger partial charge < -0.3 is 14.8 Å². The van der Waals surface area contributed by atoms with Gasteiger partial charge in [0.2, 0.25) is 10.0 Å². The molecule has 0 aliphatic heterocycles. The third-order valence-electron chi connectivity index (χ3n) is 4.05. The lowest BCUT2D eigenvalue weighted by molar-refractivity contribution is -0.118. The largest absolute Gasteiger partial charge is 0.494 e. The Balaban J connectivity index is 1.92. The third-order valence-corrected chi connectivity index (χ3v) is 6.09. The zero-order chi connectivity index (χ0) is 20.7. The molecule has 2 aromatic rings. The molecule has 0 unspecified atom stereocenters. The Hall–Kier alpha value is -2.58. The minimum atomic E-state index is -3.55. The molecule has 0 spiro atoms. The standard InChI is InChI=1S/C20H26N2O5S/c1-5-26-17-8-10-18(11-9-17)27-14-20(23)21-16-6-12-19(13-7-16)28(24,25)22(4)15(2)3/h6-13,15H,5,14H2,1-4H3,(H,21,23). The number of carbonyl (C=O) groups is 1. The zero-order valence-electron chi connectivity index (χ0n) is 16.5. The van der Waals surface area contributed by atoms with E-state index in [2.05, 4.69) is 5.32 Å². The van der Waals surface area contributed by atoms with Crippen LogP contribution >= 0.6 is 0 Å². The summed E-state index contributed by atoms with van der Waals surface area (Å²) >= 11 is 0. The number of carbonyl (C=O) groups excluding carboxylic acids is 1. The van der Waals surface area contributed by atoms with Crippen molar-refractivity contribution in [2.24, 2.45) is 0 Å². The van der Waals surface area contributed by atoms with Crippen LogP contribution in [0, 0.1) is 0 Å². The average Bonchev–Trinajstić information content (AvgIpc) is 2.67. The van der Waals surface area contributed by atoms with Crippen molar-refractivity contribution in [3.05, 3.63) is 48.5 Å². The SMILES string of the molecule is CCOc1ccc(OCC(=O)Nc2ccc(S(=O)(=O)N(C)C(C)C)cc2)cc1. The van der Waals surface area contributed by atoms with Crippen LogP contribution in [-0.4, -0.2) is 44.9 Å². The number of rotatable bonds is 9. The van der Waals surface area contributed by atoms with E-state index in [1.54, 1.807) is 50.2 Å². The maximum Gasteiger partial charge on any atom is 0.262 e. The molecule has 0 aromatic heterocycles. The number of sulfonamides is 1. The monoisotopic (exact) mass is 406 g/mol. The van der Waals surface area contributed by atoms with Gasteiger partial charge in [0.25, 0.3) is 5.91 Å². The number of amides is 1. The maximum atomic E-state index is 12.4. The van der Waals surface area contributed by atoms with Crippen LogP contribution in [-0.2, 0) is 14.8 Å². The number of ether oxygens (including phenoxy) is 2. The fraction of sp³-hybridized carbons (Fsp3) is 0.350. The van der Waals surface area contributed by atoms with Crippen LogP contribution in [0.25, 0.3) is 0 Å². The number of nitrogens with one attached hydrogen (secondary N) is 1. The molecule has 0 saturated heterocycles. The summed E-state index contributed by atoms with van der Waals surface area (Å²) in [4.78, 5) is 12.2. The third kappa shape index (κ3) is 5.71. The number of nitrogens with zero attached hydrogens (tertiary/aromatic N) is 1. The van der Waals surface area contributed by atoms with Gasteiger partial charge in [-0.15, -0.1) is 0 Å². The molecule has 0 bridgehead atoms.